The molecule has 0 bridgehead atoms. The topological polar surface area (TPSA) is 118 Å². The van der Waals surface area contributed by atoms with Crippen LogP contribution in [0.15, 0.2) is 57.2 Å². The van der Waals surface area contributed by atoms with Crippen molar-refractivity contribution < 1.29 is 23.9 Å². The highest BCUT2D eigenvalue weighted by Crippen LogP contribution is 2.33. The number of hydrogen-bond acceptors (Lipinski definition) is 6. The number of anilines is 2. The molecule has 0 saturated heterocycles. The Morgan fingerprint density at radius 1 is 0.935 bits per heavy atom. The fraction of sp³-hybridized carbons (Fsp3) is 0.238. The number of carbonyl (C=O) groups is 3. The fourth-order valence-electron chi connectivity index (χ4n) is 2.28. The van der Waals surface area contributed by atoms with Crippen molar-refractivity contribution in [1.82, 2.24) is 5.32 Å². The van der Waals surface area contributed by atoms with E-state index in [-0.39, 0.29) is 18.3 Å². The number of ether oxygens (including phenoxy) is 2. The number of rotatable bonds is 5. The smallest absolute Gasteiger partial charge is 0.436 e. The molecule has 31 heavy (non-hydrogen) atoms. The quantitative estimate of drug-likeness (QED) is 0.462. The molecule has 0 unspecified atom stereocenters. The zero-order valence-electron chi connectivity index (χ0n) is 17.6. The van der Waals surface area contributed by atoms with E-state index in [1.807, 2.05) is 37.3 Å². The molecule has 0 aliphatic carbocycles. The van der Waals surface area contributed by atoms with Crippen LogP contribution < -0.4 is 16.0 Å². The number of guanidine groups is 1. The van der Waals surface area contributed by atoms with Gasteiger partial charge in [-0.2, -0.15) is 0 Å². The summed E-state index contributed by atoms with van der Waals surface area (Å²) in [5.41, 5.74) is 2.02. The third-order valence-electron chi connectivity index (χ3n) is 3.88. The summed E-state index contributed by atoms with van der Waals surface area (Å²) in [4.78, 5) is 40.7. The molecule has 9 nitrogen and oxygen atoms in total. The first-order valence-electron chi connectivity index (χ1n) is 9.31. The van der Waals surface area contributed by atoms with Crippen LogP contribution in [0.5, 0.6) is 0 Å². The monoisotopic (exact) mass is 444 g/mol. The zero-order chi connectivity index (χ0) is 22.8. The van der Waals surface area contributed by atoms with Gasteiger partial charge in [0.25, 0.3) is 0 Å². The van der Waals surface area contributed by atoms with Crippen LogP contribution in [0.4, 0.5) is 21.0 Å². The predicted molar refractivity (Wildman–Crippen MR) is 120 cm³/mol. The molecule has 0 aliphatic heterocycles. The number of carbonyl (C=O) groups excluding carboxylic acids is 3. The molecule has 2 aromatic carbocycles. The third-order valence-corrected chi connectivity index (χ3v) is 4.88. The van der Waals surface area contributed by atoms with Crippen LogP contribution in [-0.2, 0) is 14.3 Å². The first kappa shape index (κ1) is 23.7. The molecule has 0 aliphatic rings. The van der Waals surface area contributed by atoms with E-state index in [0.717, 1.165) is 22.5 Å². The number of hydrogen-bond donors (Lipinski definition) is 3. The average Bonchev–Trinajstić information content (AvgIpc) is 2.76. The number of methoxy groups -OCH3 is 2. The van der Waals surface area contributed by atoms with Crippen LogP contribution in [0.2, 0.25) is 0 Å². The first-order valence-corrected chi connectivity index (χ1v) is 10.1. The van der Waals surface area contributed by atoms with Crippen molar-refractivity contribution in [2.75, 3.05) is 24.9 Å². The molecule has 0 radical (unpaired) electrons. The van der Waals surface area contributed by atoms with Gasteiger partial charge < -0.3 is 20.1 Å². The molecule has 0 aromatic heterocycles. The van der Waals surface area contributed by atoms with Crippen molar-refractivity contribution in [1.29, 1.82) is 0 Å². The van der Waals surface area contributed by atoms with E-state index in [2.05, 4.69) is 30.4 Å². The lowest BCUT2D eigenvalue weighted by atomic mass is 10.2. The Hall–Kier alpha value is -3.53. The fourth-order valence-corrected chi connectivity index (χ4v) is 3.14. The molecule has 0 atom stereocenters. The number of aryl methyl sites for hydroxylation is 1. The van der Waals surface area contributed by atoms with Gasteiger partial charge in [-0.15, -0.1) is 4.99 Å². The maximum Gasteiger partial charge on any atom is 0.436 e. The van der Waals surface area contributed by atoms with Gasteiger partial charge in [-0.25, -0.2) is 9.59 Å². The van der Waals surface area contributed by atoms with E-state index < -0.39 is 12.2 Å². The van der Waals surface area contributed by atoms with Gasteiger partial charge in [0.2, 0.25) is 11.9 Å². The van der Waals surface area contributed by atoms with E-state index in [1.165, 1.54) is 18.9 Å². The van der Waals surface area contributed by atoms with Gasteiger partial charge in [-0.1, -0.05) is 36.4 Å². The van der Waals surface area contributed by atoms with Crippen LogP contribution in [0.1, 0.15) is 18.9 Å². The van der Waals surface area contributed by atoms with Gasteiger partial charge in [0, 0.05) is 16.2 Å². The van der Waals surface area contributed by atoms with Crippen molar-refractivity contribution in [3.8, 4) is 0 Å². The summed E-state index contributed by atoms with van der Waals surface area (Å²) in [6.07, 6.45) is -1.48. The van der Waals surface area contributed by atoms with Crippen molar-refractivity contribution in [3.05, 3.63) is 48.0 Å². The highest BCUT2D eigenvalue weighted by molar-refractivity contribution is 7.99. The summed E-state index contributed by atoms with van der Waals surface area (Å²) in [5, 5.41) is 7.93. The highest BCUT2D eigenvalue weighted by atomic mass is 32.2. The minimum absolute atomic E-state index is 0.200. The van der Waals surface area contributed by atoms with Crippen molar-refractivity contribution in [2.45, 2.75) is 30.1 Å². The number of benzene rings is 2. The van der Waals surface area contributed by atoms with Crippen LogP contribution in [0.25, 0.3) is 0 Å². The normalized spacial score (nSPS) is 10.8. The number of aliphatic imine (C=N–C) groups is 1. The zero-order valence-corrected chi connectivity index (χ0v) is 18.5. The number of amides is 3. The Bertz CT molecular complexity index is 976. The number of nitrogens with one attached hydrogen (secondary N) is 3. The lowest BCUT2D eigenvalue weighted by Crippen LogP contribution is -2.36. The standard InChI is InChI=1S/C21H24N4O5S/c1-5-18(26)22-16-11-10-15(31-14-8-6-13(2)7-9-14)12-17(16)23-19(24-20(27)29-3)25-21(28)30-4/h6-12H,5H2,1-4H3,(H,22,26)(H2,23,24,25,27,28). The van der Waals surface area contributed by atoms with Crippen LogP contribution in [0.3, 0.4) is 0 Å². The van der Waals surface area contributed by atoms with Gasteiger partial charge in [-0.3, -0.25) is 10.1 Å². The molecule has 3 N–H and O–H groups in total. The average molecular weight is 445 g/mol. The molecular formula is C21H24N4O5S. The summed E-state index contributed by atoms with van der Waals surface area (Å²) in [6, 6.07) is 13.4. The Balaban J connectivity index is 2.39. The predicted octanol–water partition coefficient (Wildman–Crippen LogP) is 4.39. The van der Waals surface area contributed by atoms with Gasteiger partial charge >= 0.3 is 12.2 Å². The summed E-state index contributed by atoms with van der Waals surface area (Å²) in [5.74, 6) is -0.419. The van der Waals surface area contributed by atoms with Gasteiger partial charge in [0.15, 0.2) is 0 Å². The van der Waals surface area contributed by atoms with Crippen LogP contribution in [-0.4, -0.2) is 38.3 Å². The second-order valence-corrected chi connectivity index (χ2v) is 7.34. The summed E-state index contributed by atoms with van der Waals surface area (Å²) >= 11 is 1.51. The van der Waals surface area contributed by atoms with Crippen molar-refractivity contribution in [2.24, 2.45) is 4.99 Å². The van der Waals surface area contributed by atoms with Crippen molar-refractivity contribution >= 4 is 47.2 Å². The van der Waals surface area contributed by atoms with E-state index in [9.17, 15) is 14.4 Å². The second-order valence-electron chi connectivity index (χ2n) is 6.20. The molecule has 3 amide bonds. The Morgan fingerprint density at radius 3 is 2.23 bits per heavy atom. The summed E-state index contributed by atoms with van der Waals surface area (Å²) < 4.78 is 9.09. The minimum Gasteiger partial charge on any atom is -0.453 e. The molecule has 2 rings (SSSR count). The Kier molecular flexibility index (Phi) is 8.89. The third kappa shape index (κ3) is 7.67. The highest BCUT2D eigenvalue weighted by Gasteiger charge is 2.14. The van der Waals surface area contributed by atoms with Crippen LogP contribution in [0, 0.1) is 6.92 Å². The molecule has 10 heteroatoms. The lowest BCUT2D eigenvalue weighted by molar-refractivity contribution is -0.115. The van der Waals surface area contributed by atoms with E-state index >= 15 is 0 Å². The second kappa shape index (κ2) is 11.6. The molecule has 0 saturated carbocycles. The van der Waals surface area contributed by atoms with Gasteiger partial charge in [-0.05, 0) is 37.3 Å². The maximum absolute atomic E-state index is 11.9. The van der Waals surface area contributed by atoms with Gasteiger partial charge in [0.05, 0.1) is 25.6 Å². The van der Waals surface area contributed by atoms with Crippen LogP contribution >= 0.6 is 11.8 Å². The van der Waals surface area contributed by atoms with E-state index in [4.69, 9.17) is 0 Å². The summed E-state index contributed by atoms with van der Waals surface area (Å²) in [7, 11) is 2.34. The summed E-state index contributed by atoms with van der Waals surface area (Å²) in [6.45, 7) is 3.74. The number of alkyl carbamates (subject to hydrolysis) is 1. The molecule has 0 spiro atoms. The molecule has 0 heterocycles. The van der Waals surface area contributed by atoms with Crippen molar-refractivity contribution in [3.63, 3.8) is 0 Å². The van der Waals surface area contributed by atoms with E-state index in [0.29, 0.717) is 11.4 Å². The Labute approximate surface area is 184 Å². The SMILES string of the molecule is CCC(=O)Nc1ccc(Sc2ccc(C)cc2)cc1NC(=NC(=O)OC)NC(=O)OC. The number of nitrogens with zero attached hydrogens (tertiary/aromatic N) is 1. The lowest BCUT2D eigenvalue weighted by Gasteiger charge is -2.16. The molecular weight excluding hydrogens is 420 g/mol. The molecule has 0 fully saturated rings. The van der Waals surface area contributed by atoms with Gasteiger partial charge in [0.1, 0.15) is 0 Å². The largest absolute Gasteiger partial charge is 0.453 e. The molecule has 2 aromatic rings. The maximum atomic E-state index is 11.9. The van der Waals surface area contributed by atoms with E-state index in [1.54, 1.807) is 19.1 Å². The first-order chi connectivity index (χ1) is 14.8. The minimum atomic E-state index is -0.928. The Morgan fingerprint density at radius 2 is 1.61 bits per heavy atom. The molecule has 164 valence electrons.